The summed E-state index contributed by atoms with van der Waals surface area (Å²) >= 11 is 0. The Bertz CT molecular complexity index is 860. The third kappa shape index (κ3) is 4.92. The van der Waals surface area contributed by atoms with Gasteiger partial charge in [0.2, 0.25) is 5.91 Å². The minimum atomic E-state index is -4.43. The molecule has 3 aliphatic rings. The van der Waals surface area contributed by atoms with Gasteiger partial charge in [0.1, 0.15) is 0 Å². The van der Waals surface area contributed by atoms with Crippen molar-refractivity contribution in [2.75, 3.05) is 13.7 Å². The second kappa shape index (κ2) is 9.53. The van der Waals surface area contributed by atoms with E-state index in [0.29, 0.717) is 30.3 Å². The minimum absolute atomic E-state index is 0.0804. The Morgan fingerprint density at radius 2 is 2.03 bits per heavy atom. The summed E-state index contributed by atoms with van der Waals surface area (Å²) in [5.74, 6) is 0.235. The van der Waals surface area contributed by atoms with Gasteiger partial charge in [-0.1, -0.05) is 26.7 Å². The average molecular weight is 468 g/mol. The number of carbonyl (C=O) groups excluding carboxylic acids is 1. The topological polar surface area (TPSA) is 54.5 Å². The van der Waals surface area contributed by atoms with Gasteiger partial charge in [0, 0.05) is 50.6 Å². The van der Waals surface area contributed by atoms with Gasteiger partial charge >= 0.3 is 6.18 Å². The van der Waals surface area contributed by atoms with E-state index < -0.39 is 17.2 Å². The summed E-state index contributed by atoms with van der Waals surface area (Å²) in [5, 5.41) is 3.80. The first-order valence-corrected chi connectivity index (χ1v) is 12.3. The van der Waals surface area contributed by atoms with Gasteiger partial charge in [0.25, 0.3) is 0 Å². The number of nitrogens with one attached hydrogen (secondary N) is 1. The Labute approximate surface area is 194 Å². The Morgan fingerprint density at radius 3 is 2.73 bits per heavy atom. The van der Waals surface area contributed by atoms with Crippen molar-refractivity contribution in [3.8, 4) is 0 Å². The first kappa shape index (κ1) is 24.5. The fraction of sp³-hybridized carbons (Fsp3) is 0.760. The summed E-state index contributed by atoms with van der Waals surface area (Å²) in [5.41, 5.74) is -0.0540. The van der Waals surface area contributed by atoms with Crippen molar-refractivity contribution < 1.29 is 22.7 Å². The molecule has 1 aliphatic heterocycles. The summed E-state index contributed by atoms with van der Waals surface area (Å²) in [6, 6.07) is 1.74. The van der Waals surface area contributed by atoms with Gasteiger partial charge in [0.15, 0.2) is 0 Å². The Morgan fingerprint density at radius 1 is 1.27 bits per heavy atom. The van der Waals surface area contributed by atoms with E-state index in [-0.39, 0.29) is 30.5 Å². The highest BCUT2D eigenvalue weighted by Gasteiger charge is 2.50. The maximum atomic E-state index is 13.8. The van der Waals surface area contributed by atoms with E-state index in [1.807, 2.05) is 0 Å². The van der Waals surface area contributed by atoms with Crippen LogP contribution in [0, 0.1) is 11.3 Å². The lowest BCUT2D eigenvalue weighted by molar-refractivity contribution is -0.146. The number of pyridine rings is 1. The number of amides is 1. The normalized spacial score (nSPS) is 30.5. The molecule has 4 atom stereocenters. The second-order valence-electron chi connectivity index (χ2n) is 10.4. The van der Waals surface area contributed by atoms with Crippen molar-refractivity contribution >= 4 is 5.91 Å². The van der Waals surface area contributed by atoms with Crippen LogP contribution in [0.1, 0.15) is 75.6 Å². The fourth-order valence-electron chi connectivity index (χ4n) is 6.13. The van der Waals surface area contributed by atoms with E-state index in [9.17, 15) is 18.0 Å². The van der Waals surface area contributed by atoms with Crippen LogP contribution in [0.25, 0.3) is 0 Å². The molecule has 4 rings (SSSR count). The molecule has 1 aromatic rings. The molecular weight excluding hydrogens is 431 g/mol. The summed E-state index contributed by atoms with van der Waals surface area (Å²) < 4.78 is 45.2. The average Bonchev–Trinajstić information content (AvgIpc) is 3.23. The van der Waals surface area contributed by atoms with Gasteiger partial charge in [-0.25, -0.2) is 0 Å². The summed E-state index contributed by atoms with van der Waals surface area (Å²) in [7, 11) is 1.77. The van der Waals surface area contributed by atoms with Crippen LogP contribution in [0.2, 0.25) is 0 Å². The molecular formula is C25H36F3N3O2. The van der Waals surface area contributed by atoms with E-state index in [0.717, 1.165) is 44.4 Å². The molecule has 0 bridgehead atoms. The van der Waals surface area contributed by atoms with E-state index in [2.05, 4.69) is 24.1 Å². The molecule has 5 nitrogen and oxygen atoms in total. The van der Waals surface area contributed by atoms with E-state index in [1.54, 1.807) is 12.0 Å². The van der Waals surface area contributed by atoms with Crippen molar-refractivity contribution in [2.45, 2.75) is 96.1 Å². The van der Waals surface area contributed by atoms with Gasteiger partial charge in [0.05, 0.1) is 17.1 Å². The van der Waals surface area contributed by atoms with Gasteiger partial charge < -0.3 is 15.0 Å². The zero-order chi connectivity index (χ0) is 23.8. The van der Waals surface area contributed by atoms with Crippen LogP contribution in [0.3, 0.4) is 0 Å². The molecule has 184 valence electrons. The minimum Gasteiger partial charge on any atom is -0.380 e. The van der Waals surface area contributed by atoms with Crippen LogP contribution in [0.5, 0.6) is 0 Å². The van der Waals surface area contributed by atoms with Gasteiger partial charge in [-0.05, 0) is 49.7 Å². The molecule has 0 radical (unpaired) electrons. The number of nitrogens with zero attached hydrogens (tertiary/aromatic N) is 2. The lowest BCUT2D eigenvalue weighted by atomic mass is 9.74. The Balaban J connectivity index is 1.48. The highest BCUT2D eigenvalue weighted by atomic mass is 19.4. The molecule has 3 unspecified atom stereocenters. The number of hydrogen-bond donors (Lipinski definition) is 1. The number of carbonyl (C=O) groups is 1. The third-order valence-electron chi connectivity index (χ3n) is 8.19. The number of hydrogen-bond acceptors (Lipinski definition) is 4. The predicted molar refractivity (Wildman–Crippen MR) is 119 cm³/mol. The van der Waals surface area contributed by atoms with Crippen molar-refractivity contribution in [1.29, 1.82) is 0 Å². The summed E-state index contributed by atoms with van der Waals surface area (Å²) in [6.45, 7) is 4.90. The smallest absolute Gasteiger partial charge is 0.380 e. The number of ether oxygens (including phenoxy) is 1. The quantitative estimate of drug-likeness (QED) is 0.681. The van der Waals surface area contributed by atoms with Crippen molar-refractivity contribution in [3.63, 3.8) is 0 Å². The van der Waals surface area contributed by atoms with Gasteiger partial charge in [-0.2, -0.15) is 13.2 Å². The van der Waals surface area contributed by atoms with Crippen LogP contribution in [0.4, 0.5) is 13.2 Å². The molecule has 1 aromatic heterocycles. The molecule has 0 saturated heterocycles. The maximum Gasteiger partial charge on any atom is 0.417 e. The number of aromatic nitrogens is 1. The van der Waals surface area contributed by atoms with E-state index in [4.69, 9.17) is 4.74 Å². The van der Waals surface area contributed by atoms with Crippen LogP contribution >= 0.6 is 0 Å². The highest BCUT2D eigenvalue weighted by Crippen LogP contribution is 2.47. The molecule has 2 heterocycles. The van der Waals surface area contributed by atoms with Crippen molar-refractivity contribution in [1.82, 2.24) is 15.2 Å². The lowest BCUT2D eigenvalue weighted by Crippen LogP contribution is -2.50. The molecule has 33 heavy (non-hydrogen) atoms. The molecule has 0 aromatic carbocycles. The number of fused-ring (bicyclic) bond motifs is 1. The second-order valence-corrected chi connectivity index (χ2v) is 10.4. The summed E-state index contributed by atoms with van der Waals surface area (Å²) in [6.07, 6.45) is 4.22. The number of alkyl halides is 3. The molecule has 2 aliphatic carbocycles. The number of halogens is 3. The SMILES string of the molecule is COC1CCCCC1NC1CC[C@@](C(=O)N2CCc3ncc(C(F)(F)F)cc3C2)(C(C)C)C1. The van der Waals surface area contributed by atoms with E-state index >= 15 is 0 Å². The molecule has 8 heteroatoms. The highest BCUT2D eigenvalue weighted by molar-refractivity contribution is 5.83. The molecule has 1 amide bonds. The fourth-order valence-corrected chi connectivity index (χ4v) is 6.13. The Kier molecular flexibility index (Phi) is 7.06. The number of rotatable bonds is 5. The van der Waals surface area contributed by atoms with Gasteiger partial charge in [-0.3, -0.25) is 9.78 Å². The third-order valence-corrected chi connectivity index (χ3v) is 8.19. The van der Waals surface area contributed by atoms with E-state index in [1.165, 1.54) is 12.8 Å². The monoisotopic (exact) mass is 467 g/mol. The first-order chi connectivity index (χ1) is 15.6. The Hall–Kier alpha value is -1.67. The lowest BCUT2D eigenvalue weighted by Gasteiger charge is -2.40. The zero-order valence-corrected chi connectivity index (χ0v) is 19.9. The number of methoxy groups -OCH3 is 1. The van der Waals surface area contributed by atoms with Crippen molar-refractivity contribution in [3.05, 3.63) is 29.1 Å². The standard InChI is InChI=1S/C25H36F3N3O2/c1-16(2)24(10-8-19(13-24)30-21-6-4-5-7-22(21)33-3)23(32)31-11-9-20-17(15-31)12-18(14-29-20)25(26,27)28/h12,14,16,19,21-22,30H,4-11,13,15H2,1-3H3/t19?,21?,22?,24-/m0/s1. The first-order valence-electron chi connectivity index (χ1n) is 12.3. The van der Waals surface area contributed by atoms with Crippen molar-refractivity contribution in [2.24, 2.45) is 11.3 Å². The molecule has 1 N–H and O–H groups in total. The van der Waals surface area contributed by atoms with Crippen LogP contribution in [0.15, 0.2) is 12.3 Å². The molecule has 0 spiro atoms. The van der Waals surface area contributed by atoms with Crippen LogP contribution < -0.4 is 5.32 Å². The largest absolute Gasteiger partial charge is 0.417 e. The summed E-state index contributed by atoms with van der Waals surface area (Å²) in [4.78, 5) is 19.7. The molecule has 2 fully saturated rings. The van der Waals surface area contributed by atoms with Crippen LogP contribution in [-0.4, -0.2) is 47.6 Å². The zero-order valence-electron chi connectivity index (χ0n) is 19.9. The maximum absolute atomic E-state index is 13.8. The predicted octanol–water partition coefficient (Wildman–Crippen LogP) is 4.73. The molecule has 2 saturated carbocycles. The van der Waals surface area contributed by atoms with Crippen LogP contribution in [-0.2, 0) is 28.7 Å². The van der Waals surface area contributed by atoms with Gasteiger partial charge in [-0.15, -0.1) is 0 Å².